The van der Waals surface area contributed by atoms with Crippen LogP contribution in [0.5, 0.6) is 0 Å². The fourth-order valence-electron chi connectivity index (χ4n) is 0.593. The van der Waals surface area contributed by atoms with E-state index in [1.807, 2.05) is 0 Å². The van der Waals surface area contributed by atoms with E-state index in [9.17, 15) is 18.0 Å². The molecule has 0 unspecified atom stereocenters. The van der Waals surface area contributed by atoms with E-state index in [0.717, 1.165) is 12.8 Å². The lowest BCUT2D eigenvalue weighted by Gasteiger charge is -1.98. The van der Waals surface area contributed by atoms with E-state index in [-0.39, 0.29) is 12.0 Å². The molecule has 0 saturated heterocycles. The van der Waals surface area contributed by atoms with E-state index in [1.165, 1.54) is 0 Å². The fraction of sp³-hybridized carbons (Fsp3) is 0.571. The summed E-state index contributed by atoms with van der Waals surface area (Å²) in [5.74, 6) is -0.751. The van der Waals surface area contributed by atoms with E-state index in [1.54, 1.807) is 0 Å². The molecule has 5 heteroatoms. The van der Waals surface area contributed by atoms with Gasteiger partial charge in [0.1, 0.15) is 0 Å². The molecule has 0 aromatic rings. The Morgan fingerprint density at radius 1 is 1.42 bits per heavy atom. The van der Waals surface area contributed by atoms with Crippen LogP contribution in [-0.4, -0.2) is 12.1 Å². The maximum Gasteiger partial charge on any atom is 0.412 e. The maximum absolute atomic E-state index is 11.4. The first-order valence-electron chi connectivity index (χ1n) is 3.44. The zero-order valence-electron chi connectivity index (χ0n) is 6.10. The summed E-state index contributed by atoms with van der Waals surface area (Å²) in [6.07, 6.45) is -2.69. The zero-order valence-corrected chi connectivity index (χ0v) is 6.10. The second kappa shape index (κ2) is 3.16. The third-order valence-corrected chi connectivity index (χ3v) is 1.35. The van der Waals surface area contributed by atoms with Gasteiger partial charge in [-0.25, -0.2) is 0 Å². The second-order valence-electron chi connectivity index (χ2n) is 2.56. The molecule has 12 heavy (non-hydrogen) atoms. The Balaban J connectivity index is 2.24. The fourth-order valence-corrected chi connectivity index (χ4v) is 0.593. The normalized spacial score (nSPS) is 18.2. The molecule has 0 spiro atoms. The molecule has 1 fully saturated rings. The number of ether oxygens (including phenoxy) is 1. The van der Waals surface area contributed by atoms with Crippen LogP contribution in [0, 0.1) is 5.92 Å². The quantitative estimate of drug-likeness (QED) is 0.480. The van der Waals surface area contributed by atoms with Crippen molar-refractivity contribution >= 4 is 5.97 Å². The molecule has 2 nitrogen and oxygen atoms in total. The summed E-state index contributed by atoms with van der Waals surface area (Å²) in [7, 11) is 0. The Morgan fingerprint density at radius 2 is 2.00 bits per heavy atom. The lowest BCUT2D eigenvalue weighted by molar-refractivity contribution is -0.139. The van der Waals surface area contributed by atoms with Crippen molar-refractivity contribution in [3.05, 3.63) is 12.3 Å². The highest BCUT2D eigenvalue weighted by atomic mass is 19.4. The Hall–Kier alpha value is -1.00. The lowest BCUT2D eigenvalue weighted by atomic mass is 10.4. The molecule has 1 aliphatic rings. The van der Waals surface area contributed by atoms with Crippen molar-refractivity contribution in [2.75, 3.05) is 0 Å². The van der Waals surface area contributed by atoms with Crippen LogP contribution in [0.1, 0.15) is 12.8 Å². The van der Waals surface area contributed by atoms with Crippen molar-refractivity contribution < 1.29 is 22.7 Å². The first-order valence-corrected chi connectivity index (χ1v) is 3.44. The Morgan fingerprint density at radius 3 is 2.42 bits per heavy atom. The predicted molar refractivity (Wildman–Crippen MR) is 34.0 cm³/mol. The summed E-state index contributed by atoms with van der Waals surface area (Å²) in [6.45, 7) is 0. The SMILES string of the molecule is O=C(O/C=C\C(F)(F)F)C1CC1. The average molecular weight is 180 g/mol. The highest BCUT2D eigenvalue weighted by Crippen LogP contribution is 2.30. The molecule has 0 radical (unpaired) electrons. The number of esters is 1. The molecule has 1 aliphatic carbocycles. The van der Waals surface area contributed by atoms with Gasteiger partial charge in [0.15, 0.2) is 0 Å². The minimum absolute atomic E-state index is 0.104. The predicted octanol–water partition coefficient (Wildman–Crippen LogP) is 2.02. The molecule has 0 aromatic carbocycles. The minimum atomic E-state index is -4.41. The van der Waals surface area contributed by atoms with Crippen molar-refractivity contribution in [3.63, 3.8) is 0 Å². The molecule has 0 heterocycles. The van der Waals surface area contributed by atoms with Gasteiger partial charge in [-0.2, -0.15) is 13.2 Å². The van der Waals surface area contributed by atoms with E-state index in [2.05, 4.69) is 4.74 Å². The van der Waals surface area contributed by atoms with Crippen LogP contribution in [0.25, 0.3) is 0 Å². The zero-order chi connectivity index (χ0) is 9.19. The molecule has 0 N–H and O–H groups in total. The van der Waals surface area contributed by atoms with Crippen molar-refractivity contribution in [1.82, 2.24) is 0 Å². The van der Waals surface area contributed by atoms with E-state index >= 15 is 0 Å². The van der Waals surface area contributed by atoms with Crippen LogP contribution >= 0.6 is 0 Å². The number of alkyl halides is 3. The van der Waals surface area contributed by atoms with Crippen molar-refractivity contribution in [1.29, 1.82) is 0 Å². The standard InChI is InChI=1S/C7H7F3O2/c8-7(9,10)3-4-12-6(11)5-1-2-5/h3-5H,1-2H2/b4-3-. The van der Waals surface area contributed by atoms with Crippen LogP contribution in [0.2, 0.25) is 0 Å². The van der Waals surface area contributed by atoms with Crippen molar-refractivity contribution in [2.45, 2.75) is 19.0 Å². The molecular formula is C7H7F3O2. The largest absolute Gasteiger partial charge is 0.434 e. The summed E-state index contributed by atoms with van der Waals surface area (Å²) < 4.78 is 38.5. The van der Waals surface area contributed by atoms with Gasteiger partial charge in [0.25, 0.3) is 0 Å². The van der Waals surface area contributed by atoms with E-state index < -0.39 is 12.1 Å². The number of halogens is 3. The third-order valence-electron chi connectivity index (χ3n) is 1.35. The van der Waals surface area contributed by atoms with Gasteiger partial charge in [0, 0.05) is 0 Å². The molecule has 0 amide bonds. The average Bonchev–Trinajstić information content (AvgIpc) is 2.64. The van der Waals surface area contributed by atoms with Gasteiger partial charge in [-0.05, 0) is 12.8 Å². The maximum atomic E-state index is 11.4. The van der Waals surface area contributed by atoms with E-state index in [4.69, 9.17) is 0 Å². The van der Waals surface area contributed by atoms with Gasteiger partial charge < -0.3 is 4.74 Å². The van der Waals surface area contributed by atoms with Crippen LogP contribution in [0.4, 0.5) is 13.2 Å². The molecule has 0 aromatic heterocycles. The molecule has 0 atom stereocenters. The lowest BCUT2D eigenvalue weighted by Crippen LogP contribution is -2.05. The highest BCUT2D eigenvalue weighted by Gasteiger charge is 2.31. The highest BCUT2D eigenvalue weighted by molar-refractivity contribution is 5.75. The minimum Gasteiger partial charge on any atom is -0.434 e. The van der Waals surface area contributed by atoms with Crippen LogP contribution in [0.3, 0.4) is 0 Å². The Bertz CT molecular complexity index is 203. The van der Waals surface area contributed by atoms with Crippen LogP contribution in [0.15, 0.2) is 12.3 Å². The van der Waals surface area contributed by atoms with Gasteiger partial charge in [0.2, 0.25) is 0 Å². The van der Waals surface area contributed by atoms with Crippen LogP contribution in [-0.2, 0) is 9.53 Å². The Labute approximate surface area is 67.0 Å². The van der Waals surface area contributed by atoms with Gasteiger partial charge in [-0.1, -0.05) is 0 Å². The van der Waals surface area contributed by atoms with Gasteiger partial charge in [0.05, 0.1) is 18.3 Å². The smallest absolute Gasteiger partial charge is 0.412 e. The molecule has 0 bridgehead atoms. The van der Waals surface area contributed by atoms with Gasteiger partial charge >= 0.3 is 12.1 Å². The molecular weight excluding hydrogens is 173 g/mol. The summed E-state index contributed by atoms with van der Waals surface area (Å²) in [5.41, 5.74) is 0. The summed E-state index contributed by atoms with van der Waals surface area (Å²) in [5, 5.41) is 0. The topological polar surface area (TPSA) is 26.3 Å². The summed E-state index contributed by atoms with van der Waals surface area (Å²) in [4.78, 5) is 10.7. The first-order chi connectivity index (χ1) is 5.49. The first kappa shape index (κ1) is 9.09. The number of hydrogen-bond acceptors (Lipinski definition) is 2. The summed E-state index contributed by atoms with van der Waals surface area (Å²) in [6, 6.07) is 0. The number of rotatable bonds is 2. The van der Waals surface area contributed by atoms with Crippen molar-refractivity contribution in [2.24, 2.45) is 5.92 Å². The second-order valence-corrected chi connectivity index (χ2v) is 2.56. The number of carbonyl (C=O) groups is 1. The molecule has 0 aliphatic heterocycles. The van der Waals surface area contributed by atoms with Gasteiger partial charge in [-0.3, -0.25) is 4.79 Å². The molecule has 68 valence electrons. The monoisotopic (exact) mass is 180 g/mol. The van der Waals surface area contributed by atoms with Crippen molar-refractivity contribution in [3.8, 4) is 0 Å². The third kappa shape index (κ3) is 3.41. The van der Waals surface area contributed by atoms with Gasteiger partial charge in [-0.15, -0.1) is 0 Å². The number of carbonyl (C=O) groups excluding carboxylic acids is 1. The molecule has 1 saturated carbocycles. The molecule has 1 rings (SSSR count). The summed E-state index contributed by atoms with van der Waals surface area (Å²) >= 11 is 0. The Kier molecular flexibility index (Phi) is 2.40. The number of allylic oxidation sites excluding steroid dienone is 1. The number of hydrogen-bond donors (Lipinski definition) is 0. The van der Waals surface area contributed by atoms with E-state index in [0.29, 0.717) is 6.26 Å². The van der Waals surface area contributed by atoms with Crippen LogP contribution < -0.4 is 0 Å².